The largest absolute Gasteiger partial charge is 0.347 e. The van der Waals surface area contributed by atoms with Crippen molar-refractivity contribution in [3.63, 3.8) is 0 Å². The molecule has 1 atom stereocenters. The highest BCUT2D eigenvalue weighted by molar-refractivity contribution is 6.35. The van der Waals surface area contributed by atoms with Crippen LogP contribution >= 0.6 is 11.6 Å². The number of carbonyl (C=O) groups is 2. The van der Waals surface area contributed by atoms with Gasteiger partial charge in [0.25, 0.3) is 5.91 Å². The van der Waals surface area contributed by atoms with Crippen LogP contribution in [0.3, 0.4) is 0 Å². The van der Waals surface area contributed by atoms with Crippen LogP contribution in [-0.2, 0) is 17.8 Å². The van der Waals surface area contributed by atoms with Gasteiger partial charge in [0.2, 0.25) is 12.2 Å². The predicted molar refractivity (Wildman–Crippen MR) is 168 cm³/mol. The molecule has 228 valence electrons. The minimum absolute atomic E-state index is 0.0163. The van der Waals surface area contributed by atoms with Gasteiger partial charge in [0.1, 0.15) is 11.3 Å². The molecule has 44 heavy (non-hydrogen) atoms. The maximum Gasteiger partial charge on any atom is 0.251 e. The molecule has 2 amide bonds. The van der Waals surface area contributed by atoms with E-state index in [4.69, 9.17) is 16.6 Å². The van der Waals surface area contributed by atoms with Crippen molar-refractivity contribution >= 4 is 35.0 Å². The van der Waals surface area contributed by atoms with Crippen LogP contribution in [0.5, 0.6) is 0 Å². The second kappa shape index (κ2) is 13.8. The van der Waals surface area contributed by atoms with Gasteiger partial charge in [-0.05, 0) is 52.8 Å². The maximum atomic E-state index is 13.4. The first kappa shape index (κ1) is 30.8. The lowest BCUT2D eigenvalue weighted by molar-refractivity contribution is -0.151. The molecular weight excluding hydrogens is 580 g/mol. The lowest BCUT2D eigenvalue weighted by Crippen LogP contribution is -2.43. The molecule has 3 N–H and O–H groups in total. The van der Waals surface area contributed by atoms with E-state index < -0.39 is 6.04 Å². The molecule has 2 heterocycles. The van der Waals surface area contributed by atoms with Gasteiger partial charge in [-0.3, -0.25) is 14.8 Å². The number of aromatic amines is 1. The molecule has 0 aliphatic carbocycles. The number of hydrogen-bond donors (Lipinski definition) is 3. The van der Waals surface area contributed by atoms with Gasteiger partial charge in [-0.2, -0.15) is 5.21 Å². The summed E-state index contributed by atoms with van der Waals surface area (Å²) in [5.74, 6) is 1.31. The smallest absolute Gasteiger partial charge is 0.251 e. The van der Waals surface area contributed by atoms with Gasteiger partial charge < -0.3 is 9.88 Å². The van der Waals surface area contributed by atoms with Crippen molar-refractivity contribution in [2.24, 2.45) is 5.92 Å². The average Bonchev–Trinajstić information content (AvgIpc) is 3.67. The van der Waals surface area contributed by atoms with E-state index in [1.807, 2.05) is 38.1 Å². The van der Waals surface area contributed by atoms with Crippen molar-refractivity contribution in [3.05, 3.63) is 82.6 Å². The Kier molecular flexibility index (Phi) is 9.66. The summed E-state index contributed by atoms with van der Waals surface area (Å²) in [6.07, 6.45) is 2.55. The summed E-state index contributed by atoms with van der Waals surface area (Å²) < 4.78 is 2.11. The molecular formula is C32H35ClN8O3. The van der Waals surface area contributed by atoms with E-state index in [2.05, 4.69) is 61.7 Å². The molecule has 0 saturated heterocycles. The fraction of sp³-hybridized carbons (Fsp3) is 0.312. The monoisotopic (exact) mass is 614 g/mol. The molecule has 3 aromatic carbocycles. The number of aromatic nitrogens is 6. The molecule has 0 aliphatic heterocycles. The van der Waals surface area contributed by atoms with E-state index in [9.17, 15) is 14.8 Å². The Bertz CT molecular complexity index is 1730. The molecule has 0 aliphatic rings. The van der Waals surface area contributed by atoms with Crippen molar-refractivity contribution in [2.75, 3.05) is 6.54 Å². The fourth-order valence-corrected chi connectivity index (χ4v) is 5.67. The molecule has 0 bridgehead atoms. The second-order valence-corrected chi connectivity index (χ2v) is 11.6. The molecule has 11 nitrogen and oxygen atoms in total. The number of tetrazole rings is 1. The summed E-state index contributed by atoms with van der Waals surface area (Å²) in [4.78, 5) is 29.2. The lowest BCUT2D eigenvalue weighted by atomic mass is 9.98. The molecule has 2 aromatic heterocycles. The van der Waals surface area contributed by atoms with Gasteiger partial charge in [-0.25, -0.2) is 10.0 Å². The van der Waals surface area contributed by atoms with E-state index >= 15 is 0 Å². The number of nitrogens with zero attached hydrogens (tertiary/aromatic N) is 6. The minimum atomic E-state index is -0.434. The normalized spacial score (nSPS) is 12.0. The van der Waals surface area contributed by atoms with Gasteiger partial charge in [-0.15, -0.1) is 10.2 Å². The Morgan fingerprint density at radius 3 is 2.55 bits per heavy atom. The van der Waals surface area contributed by atoms with Crippen LogP contribution < -0.4 is 5.32 Å². The highest BCUT2D eigenvalue weighted by Gasteiger charge is 2.21. The number of carbonyl (C=O) groups excluding carboxylic acids is 2. The zero-order chi connectivity index (χ0) is 31.2. The molecule has 12 heteroatoms. The number of imidazole rings is 1. The van der Waals surface area contributed by atoms with Crippen LogP contribution in [0.4, 0.5) is 0 Å². The van der Waals surface area contributed by atoms with E-state index in [0.717, 1.165) is 46.4 Å². The summed E-state index contributed by atoms with van der Waals surface area (Å²) in [6, 6.07) is 19.2. The molecule has 0 spiro atoms. The Hall–Kier alpha value is -4.61. The lowest BCUT2D eigenvalue weighted by Gasteiger charge is -2.23. The zero-order valence-corrected chi connectivity index (χ0v) is 25.6. The van der Waals surface area contributed by atoms with Crippen LogP contribution in [0.1, 0.15) is 55.4 Å². The number of rotatable bonds is 13. The summed E-state index contributed by atoms with van der Waals surface area (Å²) in [6.45, 7) is 6.64. The summed E-state index contributed by atoms with van der Waals surface area (Å²) in [5.41, 5.74) is 5.73. The topological polar surface area (TPSA) is 142 Å². The molecule has 5 aromatic rings. The molecule has 0 fully saturated rings. The van der Waals surface area contributed by atoms with E-state index in [1.165, 1.54) is 0 Å². The average molecular weight is 615 g/mol. The summed E-state index contributed by atoms with van der Waals surface area (Å²) in [7, 11) is 0. The van der Waals surface area contributed by atoms with Crippen molar-refractivity contribution in [3.8, 4) is 22.5 Å². The van der Waals surface area contributed by atoms with Crippen LogP contribution in [-0.4, -0.2) is 65.3 Å². The van der Waals surface area contributed by atoms with Crippen molar-refractivity contribution in [2.45, 2.75) is 52.6 Å². The SMILES string of the molecule is CCCc1nc2c(Cl)cc(C(=O)N[C@H](CC(C)C)CN(O)C=O)cc2n1Cc1ccc(-c2ccccc2-c2nn[nH]n2)cc1. The number of hydroxylamine groups is 2. The molecule has 0 radical (unpaired) electrons. The highest BCUT2D eigenvalue weighted by atomic mass is 35.5. The molecule has 0 unspecified atom stereocenters. The first-order valence-electron chi connectivity index (χ1n) is 14.6. The van der Waals surface area contributed by atoms with E-state index in [-0.39, 0.29) is 18.4 Å². The minimum Gasteiger partial charge on any atom is -0.347 e. The summed E-state index contributed by atoms with van der Waals surface area (Å²) in [5, 5.41) is 28.1. The third-order valence-electron chi connectivity index (χ3n) is 7.36. The van der Waals surface area contributed by atoms with Gasteiger partial charge in [0.15, 0.2) is 0 Å². The number of halogens is 1. The predicted octanol–water partition coefficient (Wildman–Crippen LogP) is 5.53. The maximum absolute atomic E-state index is 13.4. The van der Waals surface area contributed by atoms with Crippen molar-refractivity contribution in [1.82, 2.24) is 40.6 Å². The van der Waals surface area contributed by atoms with Crippen molar-refractivity contribution < 1.29 is 14.8 Å². The van der Waals surface area contributed by atoms with Crippen LogP contribution in [0.15, 0.2) is 60.7 Å². The number of H-pyrrole nitrogens is 1. The molecule has 5 rings (SSSR count). The number of hydrogen-bond acceptors (Lipinski definition) is 7. The quantitative estimate of drug-likeness (QED) is 0.0899. The van der Waals surface area contributed by atoms with Gasteiger partial charge in [0, 0.05) is 30.1 Å². The van der Waals surface area contributed by atoms with Gasteiger partial charge in [0.05, 0.1) is 17.1 Å². The second-order valence-electron chi connectivity index (χ2n) is 11.2. The fourth-order valence-electron chi connectivity index (χ4n) is 5.42. The first-order valence-corrected chi connectivity index (χ1v) is 15.0. The van der Waals surface area contributed by atoms with Crippen LogP contribution in [0.2, 0.25) is 5.02 Å². The third-order valence-corrected chi connectivity index (χ3v) is 7.65. The zero-order valence-electron chi connectivity index (χ0n) is 24.9. The van der Waals surface area contributed by atoms with Crippen LogP contribution in [0.25, 0.3) is 33.5 Å². The standard InChI is InChI=1S/C32H35ClN8O3/c1-4-7-29-35-30-27(33)15-23(32(43)34-24(14-20(2)3)18-40(44)19-42)16-28(30)41(29)17-21-10-12-22(13-11-21)25-8-5-6-9-26(25)31-36-38-39-37-31/h5-6,8-13,15-16,19-20,24,44H,4,7,14,17-18H2,1-3H3,(H,34,43)(H,36,37,38,39)/t24-/m1/s1. The molecule has 0 saturated carbocycles. The number of aryl methyl sites for hydroxylation is 1. The Balaban J connectivity index is 1.45. The number of benzene rings is 3. The van der Waals surface area contributed by atoms with E-state index in [0.29, 0.717) is 46.4 Å². The Labute approximate surface area is 260 Å². The number of amides is 2. The Morgan fingerprint density at radius 1 is 1.14 bits per heavy atom. The Morgan fingerprint density at radius 2 is 1.89 bits per heavy atom. The first-order chi connectivity index (χ1) is 21.3. The summed E-state index contributed by atoms with van der Waals surface area (Å²) >= 11 is 6.70. The van der Waals surface area contributed by atoms with Crippen LogP contribution in [0, 0.1) is 5.92 Å². The number of nitrogens with one attached hydrogen (secondary N) is 2. The van der Waals surface area contributed by atoms with E-state index in [1.54, 1.807) is 12.1 Å². The van der Waals surface area contributed by atoms with Gasteiger partial charge in [-0.1, -0.05) is 80.9 Å². The third kappa shape index (κ3) is 6.95. The highest BCUT2D eigenvalue weighted by Crippen LogP contribution is 2.31. The van der Waals surface area contributed by atoms with Crippen molar-refractivity contribution in [1.29, 1.82) is 0 Å². The van der Waals surface area contributed by atoms with Gasteiger partial charge >= 0.3 is 0 Å². The number of fused-ring (bicyclic) bond motifs is 1.